The van der Waals surface area contributed by atoms with Gasteiger partial charge in [0.05, 0.1) is 14.2 Å². The number of fused-ring (bicyclic) bond motifs is 1. The van der Waals surface area contributed by atoms with E-state index in [0.717, 1.165) is 43.0 Å². The Morgan fingerprint density at radius 1 is 0.644 bits per heavy atom. The summed E-state index contributed by atoms with van der Waals surface area (Å²) in [4.78, 5) is 0. The van der Waals surface area contributed by atoms with E-state index >= 15 is 0 Å². The quantitative estimate of drug-likeness (QED) is 0.157. The lowest BCUT2D eigenvalue weighted by atomic mass is 10.0. The van der Waals surface area contributed by atoms with Crippen molar-refractivity contribution < 1.29 is 13.9 Å². The number of ether oxygens (including phenoxy) is 2. The van der Waals surface area contributed by atoms with Gasteiger partial charge in [-0.25, -0.2) is 4.39 Å². The first-order chi connectivity index (χ1) is 21.8. The third kappa shape index (κ3) is 14.1. The molecule has 0 radical (unpaired) electrons. The molecule has 4 aromatic carbocycles. The summed E-state index contributed by atoms with van der Waals surface area (Å²) >= 11 is 0. The fraction of sp³-hybridized carbons (Fsp3) is 0.366. The summed E-state index contributed by atoms with van der Waals surface area (Å²) in [7, 11) is 3.16. The van der Waals surface area contributed by atoms with Crippen LogP contribution >= 0.6 is 0 Å². The Labute approximate surface area is 272 Å². The summed E-state index contributed by atoms with van der Waals surface area (Å²) in [5.74, 6) is 1.74. The predicted molar refractivity (Wildman–Crippen MR) is 191 cm³/mol. The molecule has 0 aliphatic heterocycles. The number of methoxy groups -OCH3 is 2. The lowest BCUT2D eigenvalue weighted by Crippen LogP contribution is -1.92. The van der Waals surface area contributed by atoms with Crippen molar-refractivity contribution in [3.8, 4) is 11.5 Å². The molecule has 3 nitrogen and oxygen atoms in total. The van der Waals surface area contributed by atoms with Crippen LogP contribution in [0.3, 0.4) is 0 Å². The van der Waals surface area contributed by atoms with Crippen molar-refractivity contribution in [3.63, 3.8) is 0 Å². The van der Waals surface area contributed by atoms with Gasteiger partial charge in [-0.05, 0) is 90.1 Å². The van der Waals surface area contributed by atoms with E-state index in [0.29, 0.717) is 5.75 Å². The van der Waals surface area contributed by atoms with Gasteiger partial charge in [-0.3, -0.25) is 0 Å². The normalized spacial score (nSPS) is 10.2. The molecule has 0 saturated carbocycles. The highest BCUT2D eigenvalue weighted by Crippen LogP contribution is 2.18. The van der Waals surface area contributed by atoms with Crippen LogP contribution in [0, 0.1) is 11.7 Å². The Bertz CT molecular complexity index is 1460. The molecule has 0 bridgehead atoms. The smallest absolute Gasteiger partial charge is 0.165 e. The van der Waals surface area contributed by atoms with Crippen molar-refractivity contribution in [2.24, 2.45) is 5.92 Å². The van der Waals surface area contributed by atoms with Crippen molar-refractivity contribution in [3.05, 3.63) is 132 Å². The van der Waals surface area contributed by atoms with Crippen LogP contribution in [0.25, 0.3) is 10.9 Å². The zero-order chi connectivity index (χ0) is 32.9. The number of hydrogen-bond acceptors (Lipinski definition) is 2. The number of aromatic nitrogens is 1. The van der Waals surface area contributed by atoms with E-state index in [1.807, 2.05) is 18.2 Å². The average Bonchev–Trinajstić information content (AvgIpc) is 3.46. The molecule has 45 heavy (non-hydrogen) atoms. The Balaban J connectivity index is 0.000000210. The minimum atomic E-state index is -0.275. The van der Waals surface area contributed by atoms with Gasteiger partial charge in [0.2, 0.25) is 0 Å². The first-order valence-electron chi connectivity index (χ1n) is 16.4. The van der Waals surface area contributed by atoms with Gasteiger partial charge < -0.3 is 14.0 Å². The standard InChI is InChI=1S/C11H13N.C10H13FO.C10H14O.C10H14/c1-2-8-12-9-7-10-5-3-4-6-11(10)12;1-3-4-8-5-6-10(12-2)9(11)7-8;1-3-4-9-5-7-10(11-2)8-6-9;1-9(2)8-10-6-4-3-5-7-10/h3-7,9H,2,8H2,1H3;5-7H,3-4H2,1-2H3;5-8H,3-4H2,1-2H3;3-7,9H,8H2,1-2H3. The molecule has 0 atom stereocenters. The van der Waals surface area contributed by atoms with Crippen molar-refractivity contribution in [1.29, 1.82) is 0 Å². The maximum Gasteiger partial charge on any atom is 0.165 e. The van der Waals surface area contributed by atoms with Crippen molar-refractivity contribution in [1.82, 2.24) is 4.57 Å². The van der Waals surface area contributed by atoms with E-state index in [4.69, 9.17) is 9.47 Å². The molecule has 0 unspecified atom stereocenters. The number of rotatable bonds is 10. The van der Waals surface area contributed by atoms with Crippen LogP contribution in [0.4, 0.5) is 4.39 Å². The van der Waals surface area contributed by atoms with E-state index < -0.39 is 0 Å². The van der Waals surface area contributed by atoms with E-state index in [9.17, 15) is 4.39 Å². The molecular formula is C41H54FNO2. The number of para-hydroxylation sites is 1. The van der Waals surface area contributed by atoms with E-state index in [2.05, 4.69) is 118 Å². The predicted octanol–water partition coefficient (Wildman–Crippen LogP) is 11.4. The lowest BCUT2D eigenvalue weighted by Gasteiger charge is -2.03. The highest BCUT2D eigenvalue weighted by atomic mass is 19.1. The molecule has 0 N–H and O–H groups in total. The Morgan fingerprint density at radius 3 is 1.84 bits per heavy atom. The molecular weight excluding hydrogens is 557 g/mol. The van der Waals surface area contributed by atoms with Crippen molar-refractivity contribution in [2.75, 3.05) is 14.2 Å². The van der Waals surface area contributed by atoms with E-state index in [-0.39, 0.29) is 5.82 Å². The molecule has 5 aromatic rings. The molecule has 0 aliphatic rings. The van der Waals surface area contributed by atoms with Gasteiger partial charge in [-0.1, -0.05) is 114 Å². The monoisotopic (exact) mass is 611 g/mol. The molecule has 0 saturated heterocycles. The largest absolute Gasteiger partial charge is 0.497 e. The summed E-state index contributed by atoms with van der Waals surface area (Å²) in [6, 6.07) is 34.6. The van der Waals surface area contributed by atoms with Gasteiger partial charge in [0.15, 0.2) is 11.6 Å². The SMILES string of the molecule is CC(C)Cc1ccccc1.CCCc1ccc(OC)c(F)c1.CCCc1ccc(OC)cc1.CCCn1ccc2ccccc21. The van der Waals surface area contributed by atoms with E-state index in [1.165, 1.54) is 54.5 Å². The van der Waals surface area contributed by atoms with Crippen LogP contribution < -0.4 is 9.47 Å². The third-order valence-electron chi connectivity index (χ3n) is 7.08. The van der Waals surface area contributed by atoms with Gasteiger partial charge in [0, 0.05) is 18.3 Å². The number of halogens is 1. The number of benzene rings is 4. The van der Waals surface area contributed by atoms with Crippen LogP contribution in [0.2, 0.25) is 0 Å². The van der Waals surface area contributed by atoms with Gasteiger partial charge in [0.1, 0.15) is 5.75 Å². The van der Waals surface area contributed by atoms with Gasteiger partial charge in [-0.15, -0.1) is 0 Å². The highest BCUT2D eigenvalue weighted by Gasteiger charge is 2.02. The van der Waals surface area contributed by atoms with Gasteiger partial charge in [-0.2, -0.15) is 0 Å². The van der Waals surface area contributed by atoms with Crippen LogP contribution in [0.15, 0.2) is 109 Å². The average molecular weight is 612 g/mol. The topological polar surface area (TPSA) is 23.4 Å². The van der Waals surface area contributed by atoms with Gasteiger partial charge >= 0.3 is 0 Å². The minimum absolute atomic E-state index is 0.275. The Hall–Kier alpha value is -4.05. The highest BCUT2D eigenvalue weighted by molar-refractivity contribution is 5.79. The molecule has 0 spiro atoms. The number of hydrogen-bond donors (Lipinski definition) is 0. The second-order valence-corrected chi connectivity index (χ2v) is 11.5. The Morgan fingerprint density at radius 2 is 1.27 bits per heavy atom. The van der Waals surface area contributed by atoms with Gasteiger partial charge in [0.25, 0.3) is 0 Å². The second-order valence-electron chi connectivity index (χ2n) is 11.5. The lowest BCUT2D eigenvalue weighted by molar-refractivity contribution is 0.386. The fourth-order valence-electron chi connectivity index (χ4n) is 4.90. The zero-order valence-corrected chi connectivity index (χ0v) is 28.6. The first kappa shape index (κ1) is 37.1. The fourth-order valence-corrected chi connectivity index (χ4v) is 4.90. The molecule has 1 heterocycles. The maximum absolute atomic E-state index is 13.0. The van der Waals surface area contributed by atoms with Crippen LogP contribution in [-0.2, 0) is 25.8 Å². The molecule has 242 valence electrons. The first-order valence-corrected chi connectivity index (χ1v) is 16.4. The Kier molecular flexibility index (Phi) is 17.8. The molecule has 0 fully saturated rings. The van der Waals surface area contributed by atoms with Crippen LogP contribution in [-0.4, -0.2) is 18.8 Å². The summed E-state index contributed by atoms with van der Waals surface area (Å²) in [6.45, 7) is 12.1. The molecule has 4 heteroatoms. The third-order valence-corrected chi connectivity index (χ3v) is 7.08. The van der Waals surface area contributed by atoms with Crippen LogP contribution in [0.5, 0.6) is 11.5 Å². The molecule has 0 aliphatic carbocycles. The van der Waals surface area contributed by atoms with Crippen molar-refractivity contribution >= 4 is 10.9 Å². The molecule has 5 rings (SSSR count). The number of nitrogens with zero attached hydrogens (tertiary/aromatic N) is 1. The minimum Gasteiger partial charge on any atom is -0.497 e. The summed E-state index contributed by atoms with van der Waals surface area (Å²) < 4.78 is 25.2. The second kappa shape index (κ2) is 21.6. The molecule has 0 amide bonds. The zero-order valence-electron chi connectivity index (χ0n) is 28.6. The van der Waals surface area contributed by atoms with Crippen molar-refractivity contribution in [2.45, 2.75) is 79.7 Å². The summed E-state index contributed by atoms with van der Waals surface area (Å²) in [5.41, 5.74) is 5.20. The molecule has 1 aromatic heterocycles. The number of aryl methyl sites for hydroxylation is 3. The van der Waals surface area contributed by atoms with E-state index in [1.54, 1.807) is 13.2 Å². The summed E-state index contributed by atoms with van der Waals surface area (Å²) in [6.07, 6.45) is 8.86. The summed E-state index contributed by atoms with van der Waals surface area (Å²) in [5, 5.41) is 1.34. The van der Waals surface area contributed by atoms with Crippen LogP contribution in [0.1, 0.15) is 70.6 Å². The maximum atomic E-state index is 13.0.